The number of hydrogen-bond donors (Lipinski definition) is 2. The van der Waals surface area contributed by atoms with Crippen molar-refractivity contribution in [2.75, 3.05) is 14.2 Å². The predicted molar refractivity (Wildman–Crippen MR) is 58.4 cm³/mol. The van der Waals surface area contributed by atoms with Gasteiger partial charge >= 0.3 is 5.97 Å². The fourth-order valence-electron chi connectivity index (χ4n) is 1.32. The number of hydrogen-bond acceptors (Lipinski definition) is 5. The van der Waals surface area contributed by atoms with Gasteiger partial charge < -0.3 is 20.3 Å². The van der Waals surface area contributed by atoms with Crippen LogP contribution in [0.4, 0.5) is 0 Å². The van der Waals surface area contributed by atoms with Crippen molar-refractivity contribution in [3.05, 3.63) is 23.8 Å². The van der Waals surface area contributed by atoms with Crippen molar-refractivity contribution >= 4 is 5.97 Å². The number of nitrogens with two attached hydrogens (primary N) is 1. The van der Waals surface area contributed by atoms with Crippen LogP contribution in [0.25, 0.3) is 0 Å². The third-order valence-electron chi connectivity index (χ3n) is 2.23. The quantitative estimate of drug-likeness (QED) is 0.727. The van der Waals surface area contributed by atoms with Crippen molar-refractivity contribution < 1.29 is 19.4 Å². The molecule has 0 amide bonds. The lowest BCUT2D eigenvalue weighted by molar-refractivity contribution is -0.142. The molecule has 0 saturated heterocycles. The number of carbonyl (C=O) groups excluding carboxylic acids is 1. The second-order valence-corrected chi connectivity index (χ2v) is 3.33. The normalized spacial score (nSPS) is 11.9. The Morgan fingerprint density at radius 1 is 1.50 bits per heavy atom. The molecular formula is C11H15NO4. The Labute approximate surface area is 93.8 Å². The van der Waals surface area contributed by atoms with Gasteiger partial charge in [0.05, 0.1) is 14.2 Å². The topological polar surface area (TPSA) is 81.8 Å². The molecule has 1 aromatic carbocycles. The Balaban J connectivity index is 2.83. The molecule has 0 aliphatic carbocycles. The molecule has 88 valence electrons. The Hall–Kier alpha value is -1.75. The highest BCUT2D eigenvalue weighted by atomic mass is 16.5. The molecule has 0 spiro atoms. The van der Waals surface area contributed by atoms with Gasteiger partial charge in [0, 0.05) is 6.42 Å². The van der Waals surface area contributed by atoms with Crippen molar-refractivity contribution in [3.63, 3.8) is 0 Å². The van der Waals surface area contributed by atoms with E-state index in [0.29, 0.717) is 11.3 Å². The Morgan fingerprint density at radius 3 is 2.75 bits per heavy atom. The lowest BCUT2D eigenvalue weighted by Crippen LogP contribution is -2.33. The number of ether oxygens (including phenoxy) is 2. The summed E-state index contributed by atoms with van der Waals surface area (Å²) in [5.41, 5.74) is 6.15. The molecule has 0 bridgehead atoms. The molecule has 0 radical (unpaired) electrons. The van der Waals surface area contributed by atoms with E-state index in [1.165, 1.54) is 20.3 Å². The maximum absolute atomic E-state index is 11.1. The molecule has 1 atom stereocenters. The van der Waals surface area contributed by atoms with Gasteiger partial charge in [0.25, 0.3) is 0 Å². The average Bonchev–Trinajstić information content (AvgIpc) is 2.30. The minimum atomic E-state index is -0.789. The van der Waals surface area contributed by atoms with E-state index in [-0.39, 0.29) is 12.2 Å². The highest BCUT2D eigenvalue weighted by molar-refractivity contribution is 5.75. The molecule has 0 aliphatic rings. The van der Waals surface area contributed by atoms with Crippen LogP contribution in [-0.2, 0) is 16.0 Å². The van der Waals surface area contributed by atoms with E-state index in [1.807, 2.05) is 0 Å². The van der Waals surface area contributed by atoms with Crippen LogP contribution in [0.5, 0.6) is 11.5 Å². The molecule has 0 saturated carbocycles. The van der Waals surface area contributed by atoms with Crippen molar-refractivity contribution in [3.8, 4) is 11.5 Å². The van der Waals surface area contributed by atoms with Gasteiger partial charge in [-0.2, -0.15) is 0 Å². The third-order valence-corrected chi connectivity index (χ3v) is 2.23. The van der Waals surface area contributed by atoms with Gasteiger partial charge in [0.1, 0.15) is 17.5 Å². The number of phenolic OH excluding ortho intramolecular Hbond substituents is 1. The molecular weight excluding hydrogens is 210 g/mol. The van der Waals surface area contributed by atoms with Crippen LogP contribution in [0.1, 0.15) is 5.56 Å². The Kier molecular flexibility index (Phi) is 4.13. The van der Waals surface area contributed by atoms with E-state index < -0.39 is 12.0 Å². The second kappa shape index (κ2) is 5.37. The first-order valence-corrected chi connectivity index (χ1v) is 4.77. The standard InChI is InChI=1S/C11H15NO4/c1-15-8-3-4-10(13)7(5-8)6-9(12)11(14)16-2/h3-5,9,13H,6,12H2,1-2H3. The maximum Gasteiger partial charge on any atom is 0.322 e. The first-order valence-electron chi connectivity index (χ1n) is 4.77. The zero-order valence-corrected chi connectivity index (χ0v) is 9.27. The zero-order valence-electron chi connectivity index (χ0n) is 9.27. The van der Waals surface area contributed by atoms with Crippen LogP contribution in [0.3, 0.4) is 0 Å². The van der Waals surface area contributed by atoms with E-state index in [1.54, 1.807) is 12.1 Å². The largest absolute Gasteiger partial charge is 0.508 e. The summed E-state index contributed by atoms with van der Waals surface area (Å²) < 4.78 is 9.51. The molecule has 5 nitrogen and oxygen atoms in total. The number of carbonyl (C=O) groups is 1. The molecule has 5 heteroatoms. The summed E-state index contributed by atoms with van der Waals surface area (Å²) in [5.74, 6) is 0.173. The van der Waals surface area contributed by atoms with Gasteiger partial charge in [-0.3, -0.25) is 4.79 Å². The summed E-state index contributed by atoms with van der Waals surface area (Å²) in [6.07, 6.45) is 0.204. The van der Waals surface area contributed by atoms with Crippen LogP contribution in [0, 0.1) is 0 Å². The lowest BCUT2D eigenvalue weighted by atomic mass is 10.1. The van der Waals surface area contributed by atoms with Gasteiger partial charge in [-0.05, 0) is 23.8 Å². The van der Waals surface area contributed by atoms with Crippen molar-refractivity contribution in [2.45, 2.75) is 12.5 Å². The van der Waals surface area contributed by atoms with E-state index in [4.69, 9.17) is 10.5 Å². The summed E-state index contributed by atoms with van der Waals surface area (Å²) in [7, 11) is 2.80. The summed E-state index contributed by atoms with van der Waals surface area (Å²) in [4.78, 5) is 11.1. The van der Waals surface area contributed by atoms with Gasteiger partial charge in [-0.1, -0.05) is 0 Å². The molecule has 1 unspecified atom stereocenters. The van der Waals surface area contributed by atoms with Crippen LogP contribution < -0.4 is 10.5 Å². The second-order valence-electron chi connectivity index (χ2n) is 3.33. The van der Waals surface area contributed by atoms with E-state index in [9.17, 15) is 9.90 Å². The van der Waals surface area contributed by atoms with Gasteiger partial charge in [0.2, 0.25) is 0 Å². The molecule has 0 aliphatic heterocycles. The number of methoxy groups -OCH3 is 2. The molecule has 0 heterocycles. The number of benzene rings is 1. The van der Waals surface area contributed by atoms with Crippen LogP contribution in [0.15, 0.2) is 18.2 Å². The molecule has 3 N–H and O–H groups in total. The summed E-state index contributed by atoms with van der Waals surface area (Å²) in [5, 5.41) is 9.57. The smallest absolute Gasteiger partial charge is 0.322 e. The van der Waals surface area contributed by atoms with E-state index in [2.05, 4.69) is 4.74 Å². The van der Waals surface area contributed by atoms with E-state index >= 15 is 0 Å². The van der Waals surface area contributed by atoms with Gasteiger partial charge in [-0.25, -0.2) is 0 Å². The monoisotopic (exact) mass is 225 g/mol. The van der Waals surface area contributed by atoms with Gasteiger partial charge in [0.15, 0.2) is 0 Å². The summed E-state index contributed by atoms with van der Waals surface area (Å²) in [6, 6.07) is 3.97. The van der Waals surface area contributed by atoms with Crippen LogP contribution in [-0.4, -0.2) is 31.3 Å². The first kappa shape index (κ1) is 12.3. The number of esters is 1. The van der Waals surface area contributed by atoms with Crippen LogP contribution >= 0.6 is 0 Å². The van der Waals surface area contributed by atoms with Crippen molar-refractivity contribution in [1.29, 1.82) is 0 Å². The lowest BCUT2D eigenvalue weighted by Gasteiger charge is -2.11. The Morgan fingerprint density at radius 2 is 2.19 bits per heavy atom. The predicted octanol–water partition coefficient (Wildman–Crippen LogP) is 0.444. The Bertz CT molecular complexity index is 378. The minimum absolute atomic E-state index is 0.0835. The van der Waals surface area contributed by atoms with Crippen molar-refractivity contribution in [2.24, 2.45) is 5.73 Å². The summed E-state index contributed by atoms with van der Waals surface area (Å²) >= 11 is 0. The SMILES string of the molecule is COC(=O)C(N)Cc1cc(OC)ccc1O. The minimum Gasteiger partial charge on any atom is -0.508 e. The van der Waals surface area contributed by atoms with Gasteiger partial charge in [-0.15, -0.1) is 0 Å². The molecule has 0 fully saturated rings. The number of rotatable bonds is 4. The van der Waals surface area contributed by atoms with E-state index in [0.717, 1.165) is 0 Å². The third kappa shape index (κ3) is 2.87. The molecule has 1 aromatic rings. The average molecular weight is 225 g/mol. The number of phenols is 1. The highest BCUT2D eigenvalue weighted by Crippen LogP contribution is 2.23. The highest BCUT2D eigenvalue weighted by Gasteiger charge is 2.16. The fraction of sp³-hybridized carbons (Fsp3) is 0.364. The fourth-order valence-corrected chi connectivity index (χ4v) is 1.32. The zero-order chi connectivity index (χ0) is 12.1. The molecule has 0 aromatic heterocycles. The number of aromatic hydroxyl groups is 1. The maximum atomic E-state index is 11.1. The first-order chi connectivity index (χ1) is 7.58. The van der Waals surface area contributed by atoms with Crippen molar-refractivity contribution in [1.82, 2.24) is 0 Å². The summed E-state index contributed by atoms with van der Waals surface area (Å²) in [6.45, 7) is 0. The molecule has 1 rings (SSSR count). The molecule has 16 heavy (non-hydrogen) atoms. The van der Waals surface area contributed by atoms with Crippen LogP contribution in [0.2, 0.25) is 0 Å².